The Morgan fingerprint density at radius 2 is 1.78 bits per heavy atom. The molecule has 2 fully saturated rings. The first-order valence-corrected chi connectivity index (χ1v) is 13.8. The number of rotatable bonds is 6. The summed E-state index contributed by atoms with van der Waals surface area (Å²) < 4.78 is 13.1. The number of nitrogens with zero attached hydrogens (tertiary/aromatic N) is 1. The van der Waals surface area contributed by atoms with E-state index in [0.29, 0.717) is 28.9 Å². The van der Waals surface area contributed by atoms with Crippen molar-refractivity contribution < 1.29 is 14.0 Å². The number of hydrogen-bond acceptors (Lipinski definition) is 3. The molecule has 1 N–H and O–H groups in total. The minimum Gasteiger partial charge on any atom is -0.348 e. The number of nitrogens with one attached hydrogen (secondary N) is 1. The molecule has 1 aliphatic heterocycles. The number of carbonyl (C=O) groups excluding carboxylic acids is 2. The Kier molecular flexibility index (Phi) is 7.96. The SMILES string of the molecule is O=C(NCc1ccc(F)cc1)c1ccc(/C=C2/SC3CCCCC3N(Cc3cccc(Cl)c3)C2=O)cc1. The third kappa shape index (κ3) is 6.25. The first-order chi connectivity index (χ1) is 18.0. The van der Waals surface area contributed by atoms with Gasteiger partial charge in [-0.2, -0.15) is 0 Å². The molecular weight excluding hydrogens is 507 g/mol. The van der Waals surface area contributed by atoms with Crippen LogP contribution >= 0.6 is 23.4 Å². The molecule has 2 aliphatic rings. The summed E-state index contributed by atoms with van der Waals surface area (Å²) in [6.07, 6.45) is 6.38. The Labute approximate surface area is 225 Å². The quantitative estimate of drug-likeness (QED) is 0.352. The van der Waals surface area contributed by atoms with Crippen molar-refractivity contribution in [1.82, 2.24) is 10.2 Å². The van der Waals surface area contributed by atoms with E-state index in [9.17, 15) is 14.0 Å². The van der Waals surface area contributed by atoms with Crippen LogP contribution in [0.15, 0.2) is 77.7 Å². The van der Waals surface area contributed by atoms with Crippen molar-refractivity contribution in [2.75, 3.05) is 0 Å². The third-order valence-electron chi connectivity index (χ3n) is 6.90. The van der Waals surface area contributed by atoms with Gasteiger partial charge in [0.15, 0.2) is 0 Å². The molecule has 1 heterocycles. The minimum absolute atomic E-state index is 0.0502. The fourth-order valence-corrected chi connectivity index (χ4v) is 6.65. The Hall–Kier alpha value is -3.09. The Morgan fingerprint density at radius 1 is 1.03 bits per heavy atom. The van der Waals surface area contributed by atoms with Gasteiger partial charge >= 0.3 is 0 Å². The van der Waals surface area contributed by atoms with Crippen LogP contribution in [0.25, 0.3) is 6.08 Å². The molecule has 190 valence electrons. The first kappa shape index (κ1) is 25.6. The lowest BCUT2D eigenvalue weighted by atomic mass is 9.92. The fraction of sp³-hybridized carbons (Fsp3) is 0.267. The highest BCUT2D eigenvalue weighted by atomic mass is 35.5. The monoisotopic (exact) mass is 534 g/mol. The lowest BCUT2D eigenvalue weighted by Gasteiger charge is -2.44. The molecule has 1 saturated carbocycles. The highest BCUT2D eigenvalue weighted by molar-refractivity contribution is 8.04. The maximum atomic E-state index is 13.6. The molecule has 2 unspecified atom stereocenters. The number of benzene rings is 3. The highest BCUT2D eigenvalue weighted by Gasteiger charge is 2.40. The maximum absolute atomic E-state index is 13.6. The molecule has 5 rings (SSSR count). The van der Waals surface area contributed by atoms with Crippen LogP contribution in [0.5, 0.6) is 0 Å². The van der Waals surface area contributed by atoms with Gasteiger partial charge in [0, 0.05) is 35.0 Å². The topological polar surface area (TPSA) is 49.4 Å². The van der Waals surface area contributed by atoms with E-state index in [0.717, 1.165) is 40.9 Å². The summed E-state index contributed by atoms with van der Waals surface area (Å²) in [5.74, 6) is -0.459. The Bertz CT molecular complexity index is 1310. The van der Waals surface area contributed by atoms with Gasteiger partial charge in [0.25, 0.3) is 11.8 Å². The van der Waals surface area contributed by atoms with Crippen molar-refractivity contribution in [2.45, 2.75) is 50.1 Å². The summed E-state index contributed by atoms with van der Waals surface area (Å²) in [6, 6.07) is 21.2. The standard InChI is InChI=1S/C30H28ClFN2O2S/c31-24-5-3-4-22(16-24)19-34-26-6-1-2-7-27(26)37-28(30(34)36)17-20-8-12-23(13-9-20)29(35)33-18-21-10-14-25(32)15-11-21/h3-5,8-17,26-27H,1-2,6-7,18-19H2,(H,33,35)/b28-17+. The summed E-state index contributed by atoms with van der Waals surface area (Å²) in [5, 5.41) is 3.91. The largest absolute Gasteiger partial charge is 0.348 e. The van der Waals surface area contributed by atoms with E-state index < -0.39 is 0 Å². The van der Waals surface area contributed by atoms with Crippen LogP contribution in [-0.4, -0.2) is 28.0 Å². The normalized spacial score (nSPS) is 20.5. The molecule has 1 saturated heterocycles. The molecule has 0 spiro atoms. The molecule has 0 aromatic heterocycles. The molecule has 3 aromatic carbocycles. The van der Waals surface area contributed by atoms with E-state index in [2.05, 4.69) is 5.32 Å². The molecule has 1 aliphatic carbocycles. The number of halogens is 2. The molecule has 7 heteroatoms. The van der Waals surface area contributed by atoms with Crippen molar-refractivity contribution in [3.63, 3.8) is 0 Å². The second kappa shape index (κ2) is 11.5. The zero-order chi connectivity index (χ0) is 25.8. The summed E-state index contributed by atoms with van der Waals surface area (Å²) in [6.45, 7) is 0.868. The predicted octanol–water partition coefficient (Wildman–Crippen LogP) is 6.84. The van der Waals surface area contributed by atoms with Crippen LogP contribution in [0.4, 0.5) is 4.39 Å². The van der Waals surface area contributed by atoms with Crippen LogP contribution in [0.2, 0.25) is 5.02 Å². The van der Waals surface area contributed by atoms with Crippen LogP contribution in [0.3, 0.4) is 0 Å². The van der Waals surface area contributed by atoms with E-state index in [1.807, 2.05) is 47.4 Å². The zero-order valence-corrected chi connectivity index (χ0v) is 21.9. The van der Waals surface area contributed by atoms with Crippen molar-refractivity contribution in [2.24, 2.45) is 0 Å². The number of fused-ring (bicyclic) bond motifs is 1. The van der Waals surface area contributed by atoms with E-state index in [1.165, 1.54) is 18.6 Å². The smallest absolute Gasteiger partial charge is 0.260 e. The fourth-order valence-electron chi connectivity index (χ4n) is 4.96. The Morgan fingerprint density at radius 3 is 2.54 bits per heavy atom. The predicted molar refractivity (Wildman–Crippen MR) is 148 cm³/mol. The van der Waals surface area contributed by atoms with Gasteiger partial charge in [0.05, 0.1) is 4.91 Å². The average Bonchev–Trinajstić information content (AvgIpc) is 2.91. The molecule has 0 bridgehead atoms. The second-order valence-electron chi connectivity index (χ2n) is 9.51. The van der Waals surface area contributed by atoms with Gasteiger partial charge in [0.1, 0.15) is 5.82 Å². The van der Waals surface area contributed by atoms with Crippen LogP contribution in [0.1, 0.15) is 52.7 Å². The van der Waals surface area contributed by atoms with Crippen molar-refractivity contribution in [3.05, 3.63) is 111 Å². The number of carbonyl (C=O) groups is 2. The van der Waals surface area contributed by atoms with Gasteiger partial charge in [-0.25, -0.2) is 4.39 Å². The lowest BCUT2D eigenvalue weighted by Crippen LogP contribution is -2.50. The van der Waals surface area contributed by atoms with Crippen LogP contribution < -0.4 is 5.32 Å². The van der Waals surface area contributed by atoms with Gasteiger partial charge in [-0.15, -0.1) is 11.8 Å². The van der Waals surface area contributed by atoms with Crippen LogP contribution in [0, 0.1) is 5.82 Å². The summed E-state index contributed by atoms with van der Waals surface area (Å²) in [4.78, 5) is 28.9. The third-order valence-corrected chi connectivity index (χ3v) is 8.53. The number of amides is 2. The van der Waals surface area contributed by atoms with Gasteiger partial charge < -0.3 is 10.2 Å². The van der Waals surface area contributed by atoms with Gasteiger partial charge in [-0.05, 0) is 72.0 Å². The molecule has 37 heavy (non-hydrogen) atoms. The van der Waals surface area contributed by atoms with Gasteiger partial charge in [-0.1, -0.05) is 60.8 Å². The second-order valence-corrected chi connectivity index (χ2v) is 11.2. The van der Waals surface area contributed by atoms with Gasteiger partial charge in [-0.3, -0.25) is 9.59 Å². The average molecular weight is 535 g/mol. The molecule has 0 radical (unpaired) electrons. The molecule has 4 nitrogen and oxygen atoms in total. The van der Waals surface area contributed by atoms with Crippen molar-refractivity contribution >= 4 is 41.3 Å². The van der Waals surface area contributed by atoms with Gasteiger partial charge in [0.2, 0.25) is 0 Å². The van der Waals surface area contributed by atoms with Crippen molar-refractivity contribution in [3.8, 4) is 0 Å². The molecule has 3 aromatic rings. The van der Waals surface area contributed by atoms with Crippen molar-refractivity contribution in [1.29, 1.82) is 0 Å². The summed E-state index contributed by atoms with van der Waals surface area (Å²) in [5.41, 5.74) is 3.27. The maximum Gasteiger partial charge on any atom is 0.260 e. The molecular formula is C30H28ClFN2O2S. The summed E-state index contributed by atoms with van der Waals surface area (Å²) in [7, 11) is 0. The summed E-state index contributed by atoms with van der Waals surface area (Å²) >= 11 is 7.89. The lowest BCUT2D eigenvalue weighted by molar-refractivity contribution is -0.130. The number of thioether (sulfide) groups is 1. The van der Waals surface area contributed by atoms with E-state index in [-0.39, 0.29) is 23.7 Å². The molecule has 2 atom stereocenters. The van der Waals surface area contributed by atoms with E-state index >= 15 is 0 Å². The minimum atomic E-state index is -0.305. The zero-order valence-electron chi connectivity index (χ0n) is 20.3. The van der Waals surface area contributed by atoms with Crippen LogP contribution in [-0.2, 0) is 17.9 Å². The van der Waals surface area contributed by atoms with E-state index in [4.69, 9.17) is 11.6 Å². The highest BCUT2D eigenvalue weighted by Crippen LogP contribution is 2.42. The Balaban J connectivity index is 1.29. The first-order valence-electron chi connectivity index (χ1n) is 12.5. The number of hydrogen-bond donors (Lipinski definition) is 1. The van der Waals surface area contributed by atoms with E-state index in [1.54, 1.807) is 36.0 Å². The molecule has 2 amide bonds.